The van der Waals surface area contributed by atoms with Gasteiger partial charge in [0, 0.05) is 6.26 Å². The summed E-state index contributed by atoms with van der Waals surface area (Å²) in [4.78, 5) is 18.2. The molecule has 0 spiro atoms. The normalized spacial score (nSPS) is 11.8. The van der Waals surface area contributed by atoms with Crippen LogP contribution < -0.4 is 0 Å². The van der Waals surface area contributed by atoms with E-state index in [1.165, 1.54) is 6.92 Å². The first-order valence-electron chi connectivity index (χ1n) is 9.30. The first-order chi connectivity index (χ1) is 15.4. The molecular weight excluding hydrogens is 464 g/mol. The lowest BCUT2D eigenvalue weighted by Crippen LogP contribution is -2.05. The Labute approximate surface area is 184 Å². The van der Waals surface area contributed by atoms with Crippen LogP contribution >= 0.6 is 0 Å². The third-order valence-corrected chi connectivity index (χ3v) is 6.19. The van der Waals surface area contributed by atoms with E-state index in [1.807, 2.05) is 0 Å². The minimum Gasteiger partial charge on any atom is -0.478 e. The Balaban J connectivity index is 1.96. The number of benzene rings is 3. The Morgan fingerprint density at radius 3 is 1.91 bits per heavy atom. The highest BCUT2D eigenvalue weighted by molar-refractivity contribution is 7.90. The highest BCUT2D eigenvalue weighted by Crippen LogP contribution is 2.38. The van der Waals surface area contributed by atoms with E-state index in [0.717, 1.165) is 42.7 Å². The van der Waals surface area contributed by atoms with Gasteiger partial charge >= 0.3 is 5.97 Å². The second kappa shape index (κ2) is 7.69. The maximum Gasteiger partial charge on any atom is 0.337 e. The average Bonchev–Trinajstić information content (AvgIpc) is 3.11. The number of aryl methyl sites for hydroxylation is 1. The van der Waals surface area contributed by atoms with E-state index in [4.69, 9.17) is 0 Å². The summed E-state index contributed by atoms with van der Waals surface area (Å²) in [6.07, 6.45) is 0.931. The predicted octanol–water partition coefficient (Wildman–Crippen LogP) is 4.86. The van der Waals surface area contributed by atoms with Gasteiger partial charge in [-0.1, -0.05) is 12.1 Å². The standard InChI is InChI=1S/C22H14F4N2O4S/c1-9-27-14-8-11(7-13(22(29)30)21(14)28-9)16-19(25)17(23)15(18(24)20(16)26)10-3-5-12(6-4-10)33(2,31)32/h3-8H,1-2H3,(H,27,28)(H,29,30). The first kappa shape index (κ1) is 22.5. The fraction of sp³-hybridized carbons (Fsp3) is 0.0909. The summed E-state index contributed by atoms with van der Waals surface area (Å²) in [6, 6.07) is 6.19. The van der Waals surface area contributed by atoms with Gasteiger partial charge in [0.2, 0.25) is 0 Å². The van der Waals surface area contributed by atoms with E-state index < -0.39 is 61.3 Å². The maximum absolute atomic E-state index is 15.0. The number of fused-ring (bicyclic) bond motifs is 1. The van der Waals surface area contributed by atoms with Crippen molar-refractivity contribution in [2.45, 2.75) is 11.8 Å². The van der Waals surface area contributed by atoms with Crippen LogP contribution in [0.4, 0.5) is 17.6 Å². The molecule has 0 amide bonds. The molecule has 0 unspecified atom stereocenters. The van der Waals surface area contributed by atoms with E-state index >= 15 is 8.78 Å². The molecule has 4 rings (SSSR count). The van der Waals surface area contributed by atoms with Crippen molar-refractivity contribution >= 4 is 26.8 Å². The molecule has 1 aromatic heterocycles. The number of hydrogen-bond donors (Lipinski definition) is 2. The number of nitrogens with zero attached hydrogens (tertiary/aromatic N) is 1. The van der Waals surface area contributed by atoms with Gasteiger partial charge in [-0.15, -0.1) is 0 Å². The number of carbonyl (C=O) groups is 1. The third kappa shape index (κ3) is 3.74. The fourth-order valence-electron chi connectivity index (χ4n) is 3.56. The lowest BCUT2D eigenvalue weighted by Gasteiger charge is -2.13. The molecule has 33 heavy (non-hydrogen) atoms. The van der Waals surface area contributed by atoms with Crippen LogP contribution in [0.3, 0.4) is 0 Å². The molecule has 0 aliphatic rings. The number of carboxylic acids is 1. The summed E-state index contributed by atoms with van der Waals surface area (Å²) in [7, 11) is -3.60. The molecule has 0 bridgehead atoms. The number of aromatic carboxylic acids is 1. The zero-order valence-corrected chi connectivity index (χ0v) is 17.8. The molecule has 2 N–H and O–H groups in total. The van der Waals surface area contributed by atoms with Crippen molar-refractivity contribution in [3.05, 3.63) is 71.1 Å². The number of carboxylic acid groups (broad SMARTS) is 1. The number of H-pyrrole nitrogens is 1. The molecule has 4 aromatic rings. The Kier molecular flexibility index (Phi) is 5.24. The number of imidazole rings is 1. The fourth-order valence-corrected chi connectivity index (χ4v) is 4.19. The third-order valence-electron chi connectivity index (χ3n) is 5.06. The molecule has 0 aliphatic heterocycles. The molecule has 170 valence electrons. The van der Waals surface area contributed by atoms with Crippen LogP contribution in [0.5, 0.6) is 0 Å². The highest BCUT2D eigenvalue weighted by Gasteiger charge is 2.28. The predicted molar refractivity (Wildman–Crippen MR) is 112 cm³/mol. The van der Waals surface area contributed by atoms with Gasteiger partial charge in [-0.3, -0.25) is 0 Å². The monoisotopic (exact) mass is 478 g/mol. The molecule has 1 heterocycles. The highest BCUT2D eigenvalue weighted by atomic mass is 32.2. The van der Waals surface area contributed by atoms with Gasteiger partial charge in [0.15, 0.2) is 33.1 Å². The van der Waals surface area contributed by atoms with Crippen LogP contribution in [-0.4, -0.2) is 35.7 Å². The van der Waals surface area contributed by atoms with Crippen molar-refractivity contribution in [3.8, 4) is 22.3 Å². The molecule has 11 heteroatoms. The number of hydrogen-bond acceptors (Lipinski definition) is 4. The molecule has 0 radical (unpaired) electrons. The van der Waals surface area contributed by atoms with Gasteiger partial charge in [-0.2, -0.15) is 0 Å². The number of halogens is 4. The Bertz CT molecular complexity index is 1530. The van der Waals surface area contributed by atoms with Gasteiger partial charge in [0.05, 0.1) is 27.1 Å². The number of aromatic amines is 1. The zero-order chi connectivity index (χ0) is 24.2. The van der Waals surface area contributed by atoms with Crippen LogP contribution in [0.15, 0.2) is 41.3 Å². The molecule has 6 nitrogen and oxygen atoms in total. The van der Waals surface area contributed by atoms with Crippen molar-refractivity contribution in [1.82, 2.24) is 9.97 Å². The van der Waals surface area contributed by atoms with Gasteiger partial charge in [-0.25, -0.2) is 35.8 Å². The molecule has 0 atom stereocenters. The SMILES string of the molecule is Cc1nc2c(C(=O)O)cc(-c3c(F)c(F)c(-c4ccc(S(C)(=O)=O)cc4)c(F)c3F)cc2[nH]1. The van der Waals surface area contributed by atoms with Gasteiger partial charge in [0.1, 0.15) is 11.3 Å². The van der Waals surface area contributed by atoms with E-state index in [1.54, 1.807) is 0 Å². The van der Waals surface area contributed by atoms with Gasteiger partial charge in [0.25, 0.3) is 0 Å². The first-order valence-corrected chi connectivity index (χ1v) is 11.2. The van der Waals surface area contributed by atoms with Crippen molar-refractivity contribution in [2.75, 3.05) is 6.26 Å². The quantitative estimate of drug-likeness (QED) is 0.322. The number of sulfone groups is 1. The van der Waals surface area contributed by atoms with Crippen LogP contribution in [0, 0.1) is 30.2 Å². The summed E-state index contributed by atoms with van der Waals surface area (Å²) >= 11 is 0. The summed E-state index contributed by atoms with van der Waals surface area (Å²) in [5, 5.41) is 9.45. The van der Waals surface area contributed by atoms with Crippen molar-refractivity contribution in [3.63, 3.8) is 0 Å². The lowest BCUT2D eigenvalue weighted by molar-refractivity contribution is 0.0699. The number of aromatic nitrogens is 2. The molecule has 0 saturated heterocycles. The smallest absolute Gasteiger partial charge is 0.337 e. The van der Waals surface area contributed by atoms with Crippen LogP contribution in [0.25, 0.3) is 33.3 Å². The van der Waals surface area contributed by atoms with Crippen molar-refractivity contribution in [2.24, 2.45) is 0 Å². The molecule has 3 aromatic carbocycles. The topological polar surface area (TPSA) is 100 Å². The second-order valence-electron chi connectivity index (χ2n) is 7.35. The number of nitrogens with one attached hydrogen (secondary N) is 1. The maximum atomic E-state index is 15.0. The second-order valence-corrected chi connectivity index (χ2v) is 9.37. The van der Waals surface area contributed by atoms with Gasteiger partial charge in [-0.05, 0) is 42.3 Å². The summed E-state index contributed by atoms with van der Waals surface area (Å²) in [5.41, 5.74) is -3.07. The average molecular weight is 478 g/mol. The van der Waals surface area contributed by atoms with Crippen LogP contribution in [0.1, 0.15) is 16.2 Å². The van der Waals surface area contributed by atoms with E-state index in [9.17, 15) is 27.1 Å². The zero-order valence-electron chi connectivity index (χ0n) is 17.0. The van der Waals surface area contributed by atoms with Crippen LogP contribution in [-0.2, 0) is 9.84 Å². The Hall–Kier alpha value is -3.73. The van der Waals surface area contributed by atoms with Crippen LogP contribution in [0.2, 0.25) is 0 Å². The van der Waals surface area contributed by atoms with E-state index in [2.05, 4.69) is 9.97 Å². The van der Waals surface area contributed by atoms with Crippen molar-refractivity contribution in [1.29, 1.82) is 0 Å². The summed E-state index contributed by atoms with van der Waals surface area (Å²) in [5.74, 6) is -8.01. The molecular formula is C22H14F4N2O4S. The van der Waals surface area contributed by atoms with E-state index in [-0.39, 0.29) is 21.5 Å². The number of rotatable bonds is 4. The van der Waals surface area contributed by atoms with Gasteiger partial charge < -0.3 is 10.1 Å². The lowest BCUT2D eigenvalue weighted by atomic mass is 9.96. The molecule has 0 fully saturated rings. The van der Waals surface area contributed by atoms with E-state index in [0.29, 0.717) is 5.82 Å². The Morgan fingerprint density at radius 1 is 0.909 bits per heavy atom. The summed E-state index contributed by atoms with van der Waals surface area (Å²) in [6.45, 7) is 1.54. The Morgan fingerprint density at radius 2 is 1.42 bits per heavy atom. The minimum atomic E-state index is -3.60. The molecule has 0 saturated carbocycles. The van der Waals surface area contributed by atoms with Crippen molar-refractivity contribution < 1.29 is 35.9 Å². The minimum absolute atomic E-state index is 0.0214. The summed E-state index contributed by atoms with van der Waals surface area (Å²) < 4.78 is 83.1. The molecule has 0 aliphatic carbocycles. The largest absolute Gasteiger partial charge is 0.478 e.